The number of hydrogen-bond donors (Lipinski definition) is 0. The number of nitrogens with zero attached hydrogens (tertiary/aromatic N) is 1. The van der Waals surface area contributed by atoms with Crippen molar-refractivity contribution in [3.63, 3.8) is 0 Å². The number of ketones is 1. The molecule has 0 unspecified atom stereocenters. The maximum atomic E-state index is 12.1. The normalized spacial score (nSPS) is 10.1. The van der Waals surface area contributed by atoms with E-state index in [1.165, 1.54) is 0 Å². The summed E-state index contributed by atoms with van der Waals surface area (Å²) in [6.45, 7) is 0. The van der Waals surface area contributed by atoms with Gasteiger partial charge in [0.1, 0.15) is 5.15 Å². The lowest BCUT2D eigenvalue weighted by Crippen LogP contribution is -2.02. The van der Waals surface area contributed by atoms with Crippen molar-refractivity contribution in [2.45, 2.75) is 0 Å². The Kier molecular flexibility index (Phi) is 3.36. The van der Waals surface area contributed by atoms with E-state index in [9.17, 15) is 4.79 Å². The Balaban J connectivity index is 2.46. The molecule has 2 nitrogen and oxygen atoms in total. The second-order valence-corrected chi connectivity index (χ2v) is 4.46. The van der Waals surface area contributed by atoms with Crippen LogP contribution in [0.2, 0.25) is 5.15 Å². The van der Waals surface area contributed by atoms with Gasteiger partial charge in [0.25, 0.3) is 0 Å². The highest BCUT2D eigenvalue weighted by Crippen LogP contribution is 2.21. The number of aromatic nitrogens is 1. The van der Waals surface area contributed by atoms with E-state index in [1.807, 2.05) is 18.2 Å². The summed E-state index contributed by atoms with van der Waals surface area (Å²) < 4.78 is 0.733. The number of benzene rings is 1. The summed E-state index contributed by atoms with van der Waals surface area (Å²) in [5, 5.41) is 0.219. The van der Waals surface area contributed by atoms with Gasteiger partial charge in [-0.3, -0.25) is 4.79 Å². The van der Waals surface area contributed by atoms with Crippen LogP contribution in [0.4, 0.5) is 0 Å². The van der Waals surface area contributed by atoms with Crippen LogP contribution in [0.25, 0.3) is 0 Å². The molecule has 80 valence electrons. The Labute approximate surface area is 106 Å². The van der Waals surface area contributed by atoms with Crippen molar-refractivity contribution in [3.8, 4) is 0 Å². The zero-order chi connectivity index (χ0) is 11.5. The number of rotatable bonds is 2. The van der Waals surface area contributed by atoms with Gasteiger partial charge in [-0.15, -0.1) is 0 Å². The molecule has 0 saturated heterocycles. The molecule has 0 fully saturated rings. The highest BCUT2D eigenvalue weighted by molar-refractivity contribution is 9.10. The Morgan fingerprint density at radius 3 is 2.62 bits per heavy atom. The molecule has 1 aromatic heterocycles. The van der Waals surface area contributed by atoms with E-state index in [2.05, 4.69) is 20.9 Å². The number of halogens is 2. The third-order valence-corrected chi connectivity index (χ3v) is 2.82. The number of pyridine rings is 1. The summed E-state index contributed by atoms with van der Waals surface area (Å²) in [6, 6.07) is 10.7. The van der Waals surface area contributed by atoms with Crippen molar-refractivity contribution in [1.82, 2.24) is 4.98 Å². The quantitative estimate of drug-likeness (QED) is 0.624. The smallest absolute Gasteiger partial charge is 0.196 e. The molecule has 0 saturated carbocycles. The van der Waals surface area contributed by atoms with Crippen LogP contribution in [0.15, 0.2) is 47.1 Å². The van der Waals surface area contributed by atoms with Gasteiger partial charge in [-0.25, -0.2) is 4.98 Å². The molecule has 0 atom stereocenters. The molecule has 2 aromatic rings. The van der Waals surface area contributed by atoms with E-state index in [4.69, 9.17) is 11.6 Å². The highest BCUT2D eigenvalue weighted by Gasteiger charge is 2.13. The third kappa shape index (κ3) is 2.31. The van der Waals surface area contributed by atoms with Crippen LogP contribution in [-0.4, -0.2) is 10.8 Å². The summed E-state index contributed by atoms with van der Waals surface area (Å²) in [4.78, 5) is 16.0. The zero-order valence-electron chi connectivity index (χ0n) is 8.15. The van der Waals surface area contributed by atoms with Gasteiger partial charge >= 0.3 is 0 Å². The molecule has 0 radical (unpaired) electrons. The van der Waals surface area contributed by atoms with Crippen molar-refractivity contribution in [1.29, 1.82) is 0 Å². The lowest BCUT2D eigenvalue weighted by molar-refractivity contribution is 0.103. The fraction of sp³-hybridized carbons (Fsp3) is 0. The molecule has 0 aliphatic rings. The second kappa shape index (κ2) is 4.76. The number of carbonyl (C=O) groups excluding carboxylic acids is 1. The molecule has 0 aliphatic carbocycles. The summed E-state index contributed by atoms with van der Waals surface area (Å²) in [6.07, 6.45) is 1.56. The molecule has 2 rings (SSSR count). The van der Waals surface area contributed by atoms with Gasteiger partial charge in [0, 0.05) is 16.2 Å². The van der Waals surface area contributed by atoms with Crippen molar-refractivity contribution in [2.24, 2.45) is 0 Å². The molecule has 0 spiro atoms. The first-order valence-electron chi connectivity index (χ1n) is 4.59. The molecule has 1 aromatic carbocycles. The topological polar surface area (TPSA) is 30.0 Å². The van der Waals surface area contributed by atoms with Crippen LogP contribution in [0, 0.1) is 0 Å². The van der Waals surface area contributed by atoms with Gasteiger partial charge in [-0.1, -0.05) is 41.9 Å². The predicted molar refractivity (Wildman–Crippen MR) is 66.8 cm³/mol. The van der Waals surface area contributed by atoms with E-state index in [-0.39, 0.29) is 10.9 Å². The Morgan fingerprint density at radius 2 is 1.94 bits per heavy atom. The lowest BCUT2D eigenvalue weighted by atomic mass is 10.1. The van der Waals surface area contributed by atoms with Crippen LogP contribution < -0.4 is 0 Å². The minimum Gasteiger partial charge on any atom is -0.288 e. The molecular formula is C12H7BrClNO. The largest absolute Gasteiger partial charge is 0.288 e. The molecule has 0 amide bonds. The Hall–Kier alpha value is -1.19. The van der Waals surface area contributed by atoms with Crippen molar-refractivity contribution < 1.29 is 4.79 Å². The maximum Gasteiger partial charge on any atom is 0.196 e. The molecule has 0 bridgehead atoms. The van der Waals surface area contributed by atoms with Crippen molar-refractivity contribution >= 4 is 33.3 Å². The number of hydrogen-bond acceptors (Lipinski definition) is 2. The first-order valence-corrected chi connectivity index (χ1v) is 5.76. The standard InChI is InChI=1S/C12H7BrClNO/c13-9-6-10(12(14)15-7-9)11(16)8-4-2-1-3-5-8/h1-7H. The highest BCUT2D eigenvalue weighted by atomic mass is 79.9. The fourth-order valence-electron chi connectivity index (χ4n) is 1.33. The van der Waals surface area contributed by atoms with Crippen LogP contribution >= 0.6 is 27.5 Å². The van der Waals surface area contributed by atoms with Crippen LogP contribution in [-0.2, 0) is 0 Å². The molecule has 1 heterocycles. The van der Waals surface area contributed by atoms with Crippen molar-refractivity contribution in [2.75, 3.05) is 0 Å². The van der Waals surface area contributed by atoms with E-state index < -0.39 is 0 Å². The average molecular weight is 297 g/mol. The Bertz CT molecular complexity index is 528. The van der Waals surface area contributed by atoms with Gasteiger partial charge in [0.05, 0.1) is 5.56 Å². The zero-order valence-corrected chi connectivity index (χ0v) is 10.5. The molecule has 0 aliphatic heterocycles. The minimum absolute atomic E-state index is 0.126. The summed E-state index contributed by atoms with van der Waals surface area (Å²) >= 11 is 9.15. The summed E-state index contributed by atoms with van der Waals surface area (Å²) in [7, 11) is 0. The molecule has 4 heteroatoms. The van der Waals surface area contributed by atoms with Crippen LogP contribution in [0.3, 0.4) is 0 Å². The van der Waals surface area contributed by atoms with Gasteiger partial charge in [-0.2, -0.15) is 0 Å². The Morgan fingerprint density at radius 1 is 1.25 bits per heavy atom. The van der Waals surface area contributed by atoms with Crippen LogP contribution in [0.1, 0.15) is 15.9 Å². The third-order valence-electron chi connectivity index (χ3n) is 2.09. The van der Waals surface area contributed by atoms with Gasteiger partial charge < -0.3 is 0 Å². The lowest BCUT2D eigenvalue weighted by Gasteiger charge is -2.03. The maximum absolute atomic E-state index is 12.1. The summed E-state index contributed by atoms with van der Waals surface area (Å²) in [5.74, 6) is -0.126. The fourth-order valence-corrected chi connectivity index (χ4v) is 1.85. The van der Waals surface area contributed by atoms with E-state index in [0.717, 1.165) is 4.47 Å². The second-order valence-electron chi connectivity index (χ2n) is 3.19. The molecular weight excluding hydrogens is 289 g/mol. The van der Waals surface area contributed by atoms with Gasteiger partial charge in [0.2, 0.25) is 0 Å². The summed E-state index contributed by atoms with van der Waals surface area (Å²) in [5.41, 5.74) is 1.01. The van der Waals surface area contributed by atoms with Gasteiger partial charge in [0.15, 0.2) is 5.78 Å². The number of carbonyl (C=O) groups is 1. The first-order chi connectivity index (χ1) is 7.68. The van der Waals surface area contributed by atoms with E-state index >= 15 is 0 Å². The first kappa shape index (κ1) is 11.3. The van der Waals surface area contributed by atoms with Gasteiger partial charge in [-0.05, 0) is 22.0 Å². The van der Waals surface area contributed by atoms with Crippen LogP contribution in [0.5, 0.6) is 0 Å². The van der Waals surface area contributed by atoms with Crippen molar-refractivity contribution in [3.05, 3.63) is 63.3 Å². The van der Waals surface area contributed by atoms with E-state index in [1.54, 1.807) is 24.4 Å². The SMILES string of the molecule is O=C(c1ccccc1)c1cc(Br)cnc1Cl. The molecule has 0 N–H and O–H groups in total. The molecule has 16 heavy (non-hydrogen) atoms. The minimum atomic E-state index is -0.126. The average Bonchev–Trinajstić information content (AvgIpc) is 2.32. The monoisotopic (exact) mass is 295 g/mol. The van der Waals surface area contributed by atoms with E-state index in [0.29, 0.717) is 11.1 Å². The predicted octanol–water partition coefficient (Wildman–Crippen LogP) is 3.73.